The Balaban J connectivity index is 1.68. The van der Waals surface area contributed by atoms with E-state index in [4.69, 9.17) is 4.74 Å². The Morgan fingerprint density at radius 3 is 2.76 bits per heavy atom. The molecule has 0 saturated carbocycles. The van der Waals surface area contributed by atoms with Crippen LogP contribution in [0.25, 0.3) is 0 Å². The number of ether oxygens (including phenoxy) is 1. The van der Waals surface area contributed by atoms with Crippen molar-refractivity contribution in [2.75, 3.05) is 33.4 Å². The number of fused-ring (bicyclic) bond motifs is 2. The first-order valence-electron chi connectivity index (χ1n) is 7.34. The molecule has 2 bridgehead atoms. The second-order valence-corrected chi connectivity index (χ2v) is 5.69. The van der Waals surface area contributed by atoms with Crippen LogP contribution in [-0.2, 0) is 4.74 Å². The summed E-state index contributed by atoms with van der Waals surface area (Å²) in [5, 5.41) is 0. The normalized spacial score (nSPS) is 25.3. The van der Waals surface area contributed by atoms with E-state index in [9.17, 15) is 9.18 Å². The minimum atomic E-state index is -0.609. The van der Waals surface area contributed by atoms with E-state index in [0.717, 1.165) is 26.0 Å². The molecule has 0 spiro atoms. The van der Waals surface area contributed by atoms with Crippen molar-refractivity contribution in [3.63, 3.8) is 0 Å². The lowest BCUT2D eigenvalue weighted by Crippen LogP contribution is -2.55. The minimum absolute atomic E-state index is 0.0976. The molecule has 21 heavy (non-hydrogen) atoms. The van der Waals surface area contributed by atoms with Crippen LogP contribution in [0, 0.1) is 5.95 Å². The van der Waals surface area contributed by atoms with Crippen molar-refractivity contribution in [2.45, 2.75) is 24.9 Å². The van der Waals surface area contributed by atoms with Crippen molar-refractivity contribution >= 4 is 5.91 Å². The highest BCUT2D eigenvalue weighted by Gasteiger charge is 2.41. The van der Waals surface area contributed by atoms with Gasteiger partial charge < -0.3 is 9.64 Å². The van der Waals surface area contributed by atoms with Crippen LogP contribution in [0.2, 0.25) is 0 Å². The molecule has 2 aliphatic rings. The summed E-state index contributed by atoms with van der Waals surface area (Å²) in [5.74, 6) is -0.706. The van der Waals surface area contributed by atoms with Crippen LogP contribution in [0.1, 0.15) is 23.2 Å². The molecule has 0 aromatic carbocycles. The first kappa shape index (κ1) is 14.4. The largest absolute Gasteiger partial charge is 0.383 e. The number of hydrogen-bond donors (Lipinski definition) is 0. The monoisotopic (exact) mass is 293 g/mol. The number of methoxy groups -OCH3 is 1. The fourth-order valence-corrected chi connectivity index (χ4v) is 3.44. The van der Waals surface area contributed by atoms with Gasteiger partial charge in [0.15, 0.2) is 0 Å². The Labute approximate surface area is 123 Å². The highest BCUT2D eigenvalue weighted by molar-refractivity contribution is 5.94. The van der Waals surface area contributed by atoms with Gasteiger partial charge in [-0.1, -0.05) is 0 Å². The van der Waals surface area contributed by atoms with Gasteiger partial charge >= 0.3 is 0 Å². The number of aromatic nitrogens is 1. The van der Waals surface area contributed by atoms with Crippen molar-refractivity contribution in [1.29, 1.82) is 0 Å². The number of hydrogen-bond acceptors (Lipinski definition) is 4. The van der Waals surface area contributed by atoms with Gasteiger partial charge in [-0.2, -0.15) is 4.39 Å². The van der Waals surface area contributed by atoms with Crippen LogP contribution in [0.4, 0.5) is 4.39 Å². The molecule has 1 aromatic rings. The molecule has 0 aliphatic carbocycles. The molecule has 1 aromatic heterocycles. The average molecular weight is 293 g/mol. The Kier molecular flexibility index (Phi) is 4.17. The van der Waals surface area contributed by atoms with E-state index in [-0.39, 0.29) is 5.91 Å². The highest BCUT2D eigenvalue weighted by Crippen LogP contribution is 2.30. The smallest absolute Gasteiger partial charge is 0.254 e. The van der Waals surface area contributed by atoms with Crippen molar-refractivity contribution < 1.29 is 13.9 Å². The third kappa shape index (κ3) is 2.91. The van der Waals surface area contributed by atoms with E-state index >= 15 is 0 Å². The fourth-order valence-electron chi connectivity index (χ4n) is 3.44. The number of pyridine rings is 1. The first-order valence-corrected chi connectivity index (χ1v) is 7.34. The lowest BCUT2D eigenvalue weighted by Gasteiger charge is -2.41. The lowest BCUT2D eigenvalue weighted by atomic mass is 10.1. The summed E-state index contributed by atoms with van der Waals surface area (Å²) < 4.78 is 18.3. The van der Waals surface area contributed by atoms with Crippen LogP contribution in [0.15, 0.2) is 18.3 Å². The quantitative estimate of drug-likeness (QED) is 0.782. The molecular formula is C15H20FN3O2. The predicted molar refractivity (Wildman–Crippen MR) is 75.5 cm³/mol. The van der Waals surface area contributed by atoms with E-state index < -0.39 is 5.95 Å². The highest BCUT2D eigenvalue weighted by atomic mass is 19.1. The number of halogens is 1. The molecule has 2 fully saturated rings. The molecule has 0 N–H and O–H groups in total. The van der Waals surface area contributed by atoms with E-state index in [1.54, 1.807) is 13.2 Å². The SMILES string of the molecule is COCCN1[C@H]2CC[C@H]1CN(C(=O)c1ccnc(F)c1)C2. The maximum atomic E-state index is 13.2. The molecule has 3 rings (SSSR count). The van der Waals surface area contributed by atoms with Gasteiger partial charge in [0.25, 0.3) is 5.91 Å². The summed E-state index contributed by atoms with van der Waals surface area (Å²) in [4.78, 5) is 20.3. The summed E-state index contributed by atoms with van der Waals surface area (Å²) in [7, 11) is 1.71. The molecule has 0 unspecified atom stereocenters. The molecule has 0 radical (unpaired) electrons. The van der Waals surface area contributed by atoms with Gasteiger partial charge in [0, 0.05) is 56.7 Å². The van der Waals surface area contributed by atoms with Gasteiger partial charge in [-0.15, -0.1) is 0 Å². The minimum Gasteiger partial charge on any atom is -0.383 e. The number of carbonyl (C=O) groups excluding carboxylic acids is 1. The number of carbonyl (C=O) groups is 1. The number of likely N-dealkylation sites (tertiary alicyclic amines) is 1. The molecule has 1 amide bonds. The Bertz CT molecular complexity index is 511. The lowest BCUT2D eigenvalue weighted by molar-refractivity contribution is 0.0353. The van der Waals surface area contributed by atoms with Crippen molar-refractivity contribution in [2.24, 2.45) is 0 Å². The Hall–Kier alpha value is -1.53. The zero-order valence-electron chi connectivity index (χ0n) is 12.2. The van der Waals surface area contributed by atoms with Gasteiger partial charge in [0.2, 0.25) is 5.95 Å². The summed E-state index contributed by atoms with van der Waals surface area (Å²) in [6, 6.07) is 3.58. The van der Waals surface area contributed by atoms with E-state index in [1.165, 1.54) is 12.3 Å². The number of rotatable bonds is 4. The molecular weight excluding hydrogens is 273 g/mol. The molecule has 2 saturated heterocycles. The Morgan fingerprint density at radius 2 is 2.14 bits per heavy atom. The van der Waals surface area contributed by atoms with Gasteiger partial charge in [-0.3, -0.25) is 9.69 Å². The zero-order chi connectivity index (χ0) is 14.8. The third-order valence-corrected chi connectivity index (χ3v) is 4.45. The zero-order valence-corrected chi connectivity index (χ0v) is 12.2. The number of amides is 1. The van der Waals surface area contributed by atoms with E-state index in [1.807, 2.05) is 4.90 Å². The molecule has 3 heterocycles. The van der Waals surface area contributed by atoms with Crippen LogP contribution in [0.5, 0.6) is 0 Å². The van der Waals surface area contributed by atoms with Gasteiger partial charge in [-0.25, -0.2) is 4.98 Å². The standard InChI is InChI=1S/C15H20FN3O2/c1-21-7-6-19-12-2-3-13(19)10-18(9-12)15(20)11-4-5-17-14(16)8-11/h4-5,8,12-13H,2-3,6-7,9-10H2,1H3/t12-,13-/m0/s1. The van der Waals surface area contributed by atoms with Crippen molar-refractivity contribution in [3.05, 3.63) is 29.8 Å². The van der Waals surface area contributed by atoms with Crippen LogP contribution < -0.4 is 0 Å². The second-order valence-electron chi connectivity index (χ2n) is 5.69. The maximum Gasteiger partial charge on any atom is 0.254 e. The van der Waals surface area contributed by atoms with Crippen LogP contribution in [-0.4, -0.2) is 66.1 Å². The predicted octanol–water partition coefficient (Wildman–Crippen LogP) is 1.16. The third-order valence-electron chi connectivity index (χ3n) is 4.45. The van der Waals surface area contributed by atoms with Gasteiger partial charge in [-0.05, 0) is 18.9 Å². The number of nitrogens with zero attached hydrogens (tertiary/aromatic N) is 3. The number of piperazine rings is 1. The molecule has 2 atom stereocenters. The van der Waals surface area contributed by atoms with Crippen molar-refractivity contribution in [1.82, 2.24) is 14.8 Å². The molecule has 6 heteroatoms. The summed E-state index contributed by atoms with van der Waals surface area (Å²) in [5.41, 5.74) is 0.382. The first-order chi connectivity index (χ1) is 10.2. The molecule has 5 nitrogen and oxygen atoms in total. The molecule has 114 valence electrons. The molecule has 2 aliphatic heterocycles. The Morgan fingerprint density at radius 1 is 1.43 bits per heavy atom. The maximum absolute atomic E-state index is 13.2. The van der Waals surface area contributed by atoms with Crippen LogP contribution in [0.3, 0.4) is 0 Å². The summed E-state index contributed by atoms with van der Waals surface area (Å²) >= 11 is 0. The second kappa shape index (κ2) is 6.07. The van der Waals surface area contributed by atoms with Gasteiger partial charge in [0.1, 0.15) is 0 Å². The van der Waals surface area contributed by atoms with E-state index in [0.29, 0.717) is 30.7 Å². The fraction of sp³-hybridized carbons (Fsp3) is 0.600. The average Bonchev–Trinajstić information content (AvgIpc) is 2.72. The summed E-state index contributed by atoms with van der Waals surface area (Å²) in [6.07, 6.45) is 3.57. The van der Waals surface area contributed by atoms with Gasteiger partial charge in [0.05, 0.1) is 6.61 Å². The summed E-state index contributed by atoms with van der Waals surface area (Å²) in [6.45, 7) is 3.06. The topological polar surface area (TPSA) is 45.7 Å². The van der Waals surface area contributed by atoms with E-state index in [2.05, 4.69) is 9.88 Å². The van der Waals surface area contributed by atoms with Crippen molar-refractivity contribution in [3.8, 4) is 0 Å². The van der Waals surface area contributed by atoms with Crippen LogP contribution >= 0.6 is 0 Å².